The number of hydrogen-bond donors (Lipinski definition) is 1. The van der Waals surface area contributed by atoms with E-state index in [2.05, 4.69) is 4.74 Å². The number of esters is 1. The van der Waals surface area contributed by atoms with Crippen LogP contribution in [0.15, 0.2) is 11.6 Å². The third kappa shape index (κ3) is 13.0. The molecule has 5 nitrogen and oxygen atoms in total. The van der Waals surface area contributed by atoms with Crippen LogP contribution < -0.4 is 0 Å². The Labute approximate surface area is 82.4 Å². The van der Waals surface area contributed by atoms with Gasteiger partial charge in [0, 0.05) is 12.5 Å². The van der Waals surface area contributed by atoms with Crippen molar-refractivity contribution < 1.29 is 24.2 Å². The maximum Gasteiger partial charge on any atom is 0.333 e. The maximum absolute atomic E-state index is 10.6. The average Bonchev–Trinajstić information content (AvgIpc) is 2.00. The largest absolute Gasteiger partial charge is 0.481 e. The Balaban J connectivity index is 0. The summed E-state index contributed by atoms with van der Waals surface area (Å²) >= 11 is 0. The molecule has 0 spiro atoms. The van der Waals surface area contributed by atoms with Gasteiger partial charge in [0.1, 0.15) is 0 Å². The molecule has 5 heteroatoms. The summed E-state index contributed by atoms with van der Waals surface area (Å²) in [4.78, 5) is 30.0. The number of rotatable bonds is 2. The van der Waals surface area contributed by atoms with Crippen LogP contribution in [0.1, 0.15) is 20.8 Å². The molecular formula is C9H14O5. The summed E-state index contributed by atoms with van der Waals surface area (Å²) in [6.45, 7) is 4.00. The summed E-state index contributed by atoms with van der Waals surface area (Å²) in [7, 11) is 1.28. The second kappa shape index (κ2) is 7.97. The maximum atomic E-state index is 10.6. The van der Waals surface area contributed by atoms with E-state index in [0.29, 0.717) is 5.57 Å². The molecule has 0 aromatic carbocycles. The minimum Gasteiger partial charge on any atom is -0.481 e. The highest BCUT2D eigenvalue weighted by atomic mass is 16.5. The summed E-state index contributed by atoms with van der Waals surface area (Å²) < 4.78 is 4.35. The average molecular weight is 202 g/mol. The van der Waals surface area contributed by atoms with Gasteiger partial charge in [-0.25, -0.2) is 4.79 Å². The Kier molecular flexibility index (Phi) is 8.46. The predicted molar refractivity (Wildman–Crippen MR) is 49.8 cm³/mol. The molecule has 0 bridgehead atoms. The summed E-state index contributed by atoms with van der Waals surface area (Å²) in [5, 5.41) is 7.42. The highest BCUT2D eigenvalue weighted by Gasteiger charge is 2.02. The minimum atomic E-state index is -0.833. The van der Waals surface area contributed by atoms with Crippen molar-refractivity contribution in [3.8, 4) is 0 Å². The van der Waals surface area contributed by atoms with E-state index in [4.69, 9.17) is 9.90 Å². The van der Waals surface area contributed by atoms with Gasteiger partial charge < -0.3 is 9.84 Å². The van der Waals surface area contributed by atoms with Crippen LogP contribution in [0.2, 0.25) is 0 Å². The van der Waals surface area contributed by atoms with Gasteiger partial charge in [-0.15, -0.1) is 0 Å². The second-order valence-electron chi connectivity index (χ2n) is 2.45. The Morgan fingerprint density at radius 2 is 1.50 bits per heavy atom. The topological polar surface area (TPSA) is 80.7 Å². The highest BCUT2D eigenvalue weighted by Crippen LogP contribution is 1.94. The first kappa shape index (κ1) is 14.9. The highest BCUT2D eigenvalue weighted by molar-refractivity contribution is 5.97. The molecule has 0 atom stereocenters. The Morgan fingerprint density at radius 3 is 1.71 bits per heavy atom. The van der Waals surface area contributed by atoms with Crippen molar-refractivity contribution in [1.29, 1.82) is 0 Å². The molecule has 0 unspecified atom stereocenters. The lowest BCUT2D eigenvalue weighted by molar-refractivity contribution is -0.136. The Morgan fingerprint density at radius 1 is 1.14 bits per heavy atom. The predicted octanol–water partition coefficient (Wildman–Crippen LogP) is 0.786. The molecule has 0 saturated carbocycles. The van der Waals surface area contributed by atoms with E-state index in [1.807, 2.05) is 0 Å². The summed E-state index contributed by atoms with van der Waals surface area (Å²) in [5.41, 5.74) is 0.329. The van der Waals surface area contributed by atoms with Gasteiger partial charge in [-0.05, 0) is 19.9 Å². The van der Waals surface area contributed by atoms with Crippen LogP contribution in [0, 0.1) is 0 Å². The van der Waals surface area contributed by atoms with E-state index in [1.54, 1.807) is 0 Å². The van der Waals surface area contributed by atoms with Gasteiger partial charge in [-0.3, -0.25) is 9.59 Å². The lowest BCUT2D eigenvalue weighted by Gasteiger charge is -1.95. The summed E-state index contributed by atoms with van der Waals surface area (Å²) in [6.07, 6.45) is 1.24. The number of carboxylic acid groups (broad SMARTS) is 1. The number of carbonyl (C=O) groups is 3. The van der Waals surface area contributed by atoms with Crippen LogP contribution in [-0.2, 0) is 19.1 Å². The number of aliphatic carboxylic acids is 1. The quantitative estimate of drug-likeness (QED) is 0.528. The fraction of sp³-hybridized carbons (Fsp3) is 0.444. The zero-order valence-electron chi connectivity index (χ0n) is 8.66. The SMILES string of the molecule is CC(=O)O.COC(=O)C(C)=CC(C)=O. The number of carbonyl (C=O) groups excluding carboxylic acids is 2. The monoisotopic (exact) mass is 202 g/mol. The molecule has 0 saturated heterocycles. The van der Waals surface area contributed by atoms with Crippen molar-refractivity contribution in [3.05, 3.63) is 11.6 Å². The zero-order chi connectivity index (χ0) is 11.7. The normalized spacial score (nSPS) is 9.57. The molecule has 0 amide bonds. The van der Waals surface area contributed by atoms with E-state index < -0.39 is 11.9 Å². The lowest BCUT2D eigenvalue weighted by atomic mass is 10.2. The van der Waals surface area contributed by atoms with E-state index in [1.165, 1.54) is 27.0 Å². The van der Waals surface area contributed by atoms with Crippen LogP contribution in [0.3, 0.4) is 0 Å². The molecular weight excluding hydrogens is 188 g/mol. The summed E-state index contributed by atoms with van der Waals surface area (Å²) in [5.74, 6) is -1.45. The van der Waals surface area contributed by atoms with E-state index in [0.717, 1.165) is 6.92 Å². The molecule has 0 aliphatic rings. The molecule has 14 heavy (non-hydrogen) atoms. The first-order valence-electron chi connectivity index (χ1n) is 3.78. The number of hydrogen-bond acceptors (Lipinski definition) is 4. The molecule has 0 radical (unpaired) electrons. The van der Waals surface area contributed by atoms with Gasteiger partial charge in [0.25, 0.3) is 5.97 Å². The molecule has 1 N–H and O–H groups in total. The van der Waals surface area contributed by atoms with Crippen molar-refractivity contribution in [1.82, 2.24) is 0 Å². The molecule has 0 rings (SSSR count). The molecule has 0 aromatic heterocycles. The number of methoxy groups -OCH3 is 1. The van der Waals surface area contributed by atoms with Crippen LogP contribution >= 0.6 is 0 Å². The van der Waals surface area contributed by atoms with Crippen LogP contribution in [0.5, 0.6) is 0 Å². The van der Waals surface area contributed by atoms with Gasteiger partial charge >= 0.3 is 5.97 Å². The number of ketones is 1. The Bertz CT molecular complexity index is 248. The smallest absolute Gasteiger partial charge is 0.333 e. The summed E-state index contributed by atoms with van der Waals surface area (Å²) in [6, 6.07) is 0. The van der Waals surface area contributed by atoms with Crippen molar-refractivity contribution in [2.45, 2.75) is 20.8 Å². The first-order valence-corrected chi connectivity index (χ1v) is 3.78. The lowest BCUT2D eigenvalue weighted by Crippen LogP contribution is -2.02. The van der Waals surface area contributed by atoms with Crippen molar-refractivity contribution in [2.24, 2.45) is 0 Å². The van der Waals surface area contributed by atoms with E-state index >= 15 is 0 Å². The van der Waals surface area contributed by atoms with Gasteiger partial charge in [-0.2, -0.15) is 0 Å². The van der Waals surface area contributed by atoms with Crippen molar-refractivity contribution in [2.75, 3.05) is 7.11 Å². The van der Waals surface area contributed by atoms with Gasteiger partial charge in [0.05, 0.1) is 7.11 Å². The standard InChI is InChI=1S/C7H10O3.C2H4O2/c1-5(4-6(2)8)7(9)10-3;1-2(3)4/h4H,1-3H3;1H3,(H,3,4). The van der Waals surface area contributed by atoms with E-state index in [9.17, 15) is 9.59 Å². The third-order valence-corrected chi connectivity index (χ3v) is 0.927. The van der Waals surface area contributed by atoms with Crippen LogP contribution in [0.4, 0.5) is 0 Å². The minimum absolute atomic E-state index is 0.150. The zero-order valence-corrected chi connectivity index (χ0v) is 8.66. The second-order valence-corrected chi connectivity index (χ2v) is 2.45. The number of ether oxygens (including phenoxy) is 1. The molecule has 0 aromatic rings. The number of carboxylic acids is 1. The first-order chi connectivity index (χ1) is 6.31. The van der Waals surface area contributed by atoms with Crippen molar-refractivity contribution >= 4 is 17.7 Å². The molecule has 0 fully saturated rings. The van der Waals surface area contributed by atoms with Crippen molar-refractivity contribution in [3.63, 3.8) is 0 Å². The van der Waals surface area contributed by atoms with E-state index in [-0.39, 0.29) is 5.78 Å². The fourth-order valence-corrected chi connectivity index (χ4v) is 0.525. The molecule has 80 valence electrons. The van der Waals surface area contributed by atoms with Gasteiger partial charge in [0.2, 0.25) is 0 Å². The molecule has 0 heterocycles. The molecule has 0 aliphatic heterocycles. The van der Waals surface area contributed by atoms with Gasteiger partial charge in [0.15, 0.2) is 5.78 Å². The third-order valence-electron chi connectivity index (χ3n) is 0.927. The molecule has 0 aliphatic carbocycles. The van der Waals surface area contributed by atoms with Gasteiger partial charge in [-0.1, -0.05) is 0 Å². The fourth-order valence-electron chi connectivity index (χ4n) is 0.525. The van der Waals surface area contributed by atoms with Crippen LogP contribution in [-0.4, -0.2) is 29.9 Å². The van der Waals surface area contributed by atoms with Crippen LogP contribution in [0.25, 0.3) is 0 Å². The number of allylic oxidation sites excluding steroid dienone is 1. The Hall–Kier alpha value is -1.65.